The number of carbonyl (C=O) groups excluding carboxylic acids is 3. The van der Waals surface area contributed by atoms with Gasteiger partial charge in [-0.3, -0.25) is 14.4 Å². The highest BCUT2D eigenvalue weighted by atomic mass is 16.6. The van der Waals surface area contributed by atoms with Crippen molar-refractivity contribution in [2.75, 3.05) is 13.2 Å². The summed E-state index contributed by atoms with van der Waals surface area (Å²) in [7, 11) is 0. The molecular formula is C63H100O6. The highest BCUT2D eigenvalue weighted by molar-refractivity contribution is 5.71. The molecule has 0 radical (unpaired) electrons. The molecular weight excluding hydrogens is 853 g/mol. The SMILES string of the molecule is CC/C=C\C/C=C\C/C=C\C/C=C\C/C=C\C/C=C\C/C=C\CCCCCCCC(=O)OCC(COC(=O)CCCCCCC)OC(=O)CCCCCCCC/C=C\C/C=C\C/C=C\C/C=C\CC. The summed E-state index contributed by atoms with van der Waals surface area (Å²) in [4.78, 5) is 37.8. The van der Waals surface area contributed by atoms with E-state index in [0.29, 0.717) is 19.3 Å². The lowest BCUT2D eigenvalue weighted by Gasteiger charge is -2.18. The topological polar surface area (TPSA) is 78.9 Å². The van der Waals surface area contributed by atoms with Gasteiger partial charge in [0.15, 0.2) is 6.10 Å². The van der Waals surface area contributed by atoms with Gasteiger partial charge in [0.05, 0.1) is 0 Å². The number of rotatable bonds is 48. The van der Waals surface area contributed by atoms with Crippen LogP contribution in [0.4, 0.5) is 0 Å². The summed E-state index contributed by atoms with van der Waals surface area (Å²) in [6.07, 6.45) is 79.1. The highest BCUT2D eigenvalue weighted by Crippen LogP contribution is 2.13. The molecule has 0 bridgehead atoms. The first-order valence-electron chi connectivity index (χ1n) is 27.7. The fourth-order valence-electron chi connectivity index (χ4n) is 7.06. The van der Waals surface area contributed by atoms with Gasteiger partial charge < -0.3 is 14.2 Å². The number of unbranched alkanes of at least 4 members (excludes halogenated alkanes) is 15. The molecule has 0 aromatic rings. The Morgan fingerprint density at radius 2 is 0.565 bits per heavy atom. The molecule has 0 aliphatic carbocycles. The first-order chi connectivity index (χ1) is 34.0. The second-order valence-electron chi connectivity index (χ2n) is 17.7. The van der Waals surface area contributed by atoms with Crippen LogP contribution in [-0.2, 0) is 28.6 Å². The number of ether oxygens (including phenoxy) is 3. The average molecular weight is 953 g/mol. The summed E-state index contributed by atoms with van der Waals surface area (Å²) in [6.45, 7) is 6.28. The van der Waals surface area contributed by atoms with Crippen LogP contribution in [-0.4, -0.2) is 37.2 Å². The molecule has 0 aliphatic rings. The summed E-state index contributed by atoms with van der Waals surface area (Å²) < 4.78 is 16.7. The number of allylic oxidation sites excluding steroid dienone is 22. The fourth-order valence-corrected chi connectivity index (χ4v) is 7.06. The molecule has 0 spiro atoms. The summed E-state index contributed by atoms with van der Waals surface area (Å²) in [6, 6.07) is 0. The van der Waals surface area contributed by atoms with E-state index in [2.05, 4.69) is 154 Å². The van der Waals surface area contributed by atoms with Crippen molar-refractivity contribution in [3.63, 3.8) is 0 Å². The van der Waals surface area contributed by atoms with Crippen molar-refractivity contribution in [3.05, 3.63) is 134 Å². The van der Waals surface area contributed by atoms with Crippen molar-refractivity contribution >= 4 is 17.9 Å². The maximum Gasteiger partial charge on any atom is 0.306 e. The van der Waals surface area contributed by atoms with Crippen molar-refractivity contribution in [1.29, 1.82) is 0 Å². The van der Waals surface area contributed by atoms with Gasteiger partial charge >= 0.3 is 17.9 Å². The predicted molar refractivity (Wildman–Crippen MR) is 297 cm³/mol. The molecule has 0 aromatic heterocycles. The van der Waals surface area contributed by atoms with Crippen LogP contribution in [0, 0.1) is 0 Å². The minimum absolute atomic E-state index is 0.0953. The number of carbonyl (C=O) groups is 3. The van der Waals surface area contributed by atoms with Gasteiger partial charge in [-0.2, -0.15) is 0 Å². The van der Waals surface area contributed by atoms with Gasteiger partial charge in [0.25, 0.3) is 0 Å². The molecule has 0 heterocycles. The van der Waals surface area contributed by atoms with E-state index in [0.717, 1.165) is 173 Å². The third kappa shape index (κ3) is 54.4. The highest BCUT2D eigenvalue weighted by Gasteiger charge is 2.19. The summed E-state index contributed by atoms with van der Waals surface area (Å²) in [5.74, 6) is -0.951. The standard InChI is InChI=1S/C63H100O6/c1-4-7-10-13-15-17-19-21-23-25-27-28-29-30-31-32-33-34-36-37-39-41-43-45-47-50-53-56-62(65)68-59-60(58-67-61(64)55-52-49-12-9-6-3)69-63(66)57-54-51-48-46-44-42-40-38-35-26-24-22-20-18-16-14-11-8-5-2/h7-8,10-11,15-18,21-24,27-28,30-31,33-35,37-39,60H,4-6,9,12-14,19-20,25-26,29,32,36,40-59H2,1-3H3/b10-7-,11-8-,17-15-,18-16-,23-21-,24-22-,28-27-,31-30-,34-33-,38-35-,39-37-. The molecule has 0 saturated heterocycles. The monoisotopic (exact) mass is 953 g/mol. The fraction of sp³-hybridized carbons (Fsp3) is 0.603. The van der Waals surface area contributed by atoms with Crippen LogP contribution >= 0.6 is 0 Å². The molecule has 0 amide bonds. The molecule has 388 valence electrons. The molecule has 6 nitrogen and oxygen atoms in total. The molecule has 0 rings (SSSR count). The van der Waals surface area contributed by atoms with Gasteiger partial charge in [0.2, 0.25) is 0 Å². The lowest BCUT2D eigenvalue weighted by Crippen LogP contribution is -2.30. The third-order valence-electron chi connectivity index (χ3n) is 11.2. The predicted octanol–water partition coefficient (Wildman–Crippen LogP) is 18.6. The van der Waals surface area contributed by atoms with Gasteiger partial charge in [-0.15, -0.1) is 0 Å². The molecule has 69 heavy (non-hydrogen) atoms. The Balaban J connectivity index is 4.22. The van der Waals surface area contributed by atoms with Gasteiger partial charge in [0.1, 0.15) is 13.2 Å². The summed E-state index contributed by atoms with van der Waals surface area (Å²) in [5, 5.41) is 0. The smallest absolute Gasteiger partial charge is 0.306 e. The first-order valence-corrected chi connectivity index (χ1v) is 27.7. The van der Waals surface area contributed by atoms with Gasteiger partial charge in [-0.25, -0.2) is 0 Å². The average Bonchev–Trinajstić information content (AvgIpc) is 3.35. The first kappa shape index (κ1) is 64.5. The van der Waals surface area contributed by atoms with Crippen LogP contribution < -0.4 is 0 Å². The molecule has 0 aromatic carbocycles. The quantitative estimate of drug-likeness (QED) is 0.0262. The van der Waals surface area contributed by atoms with Crippen LogP contribution in [0.2, 0.25) is 0 Å². The van der Waals surface area contributed by atoms with Crippen LogP contribution in [0.3, 0.4) is 0 Å². The third-order valence-corrected chi connectivity index (χ3v) is 11.2. The van der Waals surface area contributed by atoms with E-state index >= 15 is 0 Å². The minimum Gasteiger partial charge on any atom is -0.462 e. The van der Waals surface area contributed by atoms with Crippen LogP contribution in [0.25, 0.3) is 0 Å². The Bertz CT molecular complexity index is 1510. The Kier molecular flexibility index (Phi) is 52.5. The lowest BCUT2D eigenvalue weighted by atomic mass is 10.1. The zero-order valence-electron chi connectivity index (χ0n) is 44.3. The maximum atomic E-state index is 12.8. The second-order valence-corrected chi connectivity index (χ2v) is 17.7. The van der Waals surface area contributed by atoms with Crippen LogP contribution in [0.15, 0.2) is 134 Å². The Morgan fingerprint density at radius 3 is 0.884 bits per heavy atom. The van der Waals surface area contributed by atoms with Crippen molar-refractivity contribution in [2.45, 2.75) is 232 Å². The second kappa shape index (κ2) is 56.1. The zero-order chi connectivity index (χ0) is 50.0. The normalized spacial score (nSPS) is 13.1. The van der Waals surface area contributed by atoms with Crippen molar-refractivity contribution in [2.24, 2.45) is 0 Å². The number of esters is 3. The summed E-state index contributed by atoms with van der Waals surface area (Å²) in [5.41, 5.74) is 0. The number of hydrogen-bond donors (Lipinski definition) is 0. The van der Waals surface area contributed by atoms with E-state index in [9.17, 15) is 14.4 Å². The van der Waals surface area contributed by atoms with E-state index in [1.54, 1.807) is 0 Å². The van der Waals surface area contributed by atoms with Gasteiger partial charge in [0, 0.05) is 19.3 Å². The Morgan fingerprint density at radius 1 is 0.304 bits per heavy atom. The summed E-state index contributed by atoms with van der Waals surface area (Å²) >= 11 is 0. The van der Waals surface area contributed by atoms with Crippen molar-refractivity contribution in [1.82, 2.24) is 0 Å². The van der Waals surface area contributed by atoms with E-state index in [4.69, 9.17) is 14.2 Å². The molecule has 0 fully saturated rings. The molecule has 0 N–H and O–H groups in total. The molecule has 1 unspecified atom stereocenters. The Hall–Kier alpha value is -4.45. The molecule has 6 heteroatoms. The van der Waals surface area contributed by atoms with Gasteiger partial charge in [-0.1, -0.05) is 225 Å². The van der Waals surface area contributed by atoms with Crippen molar-refractivity contribution < 1.29 is 28.6 Å². The molecule has 1 atom stereocenters. The maximum absolute atomic E-state index is 12.8. The molecule has 0 aliphatic heterocycles. The lowest BCUT2D eigenvalue weighted by molar-refractivity contribution is -0.167. The van der Waals surface area contributed by atoms with Crippen LogP contribution in [0.5, 0.6) is 0 Å². The van der Waals surface area contributed by atoms with Crippen molar-refractivity contribution in [3.8, 4) is 0 Å². The number of hydrogen-bond acceptors (Lipinski definition) is 6. The minimum atomic E-state index is -0.795. The van der Waals surface area contributed by atoms with Gasteiger partial charge in [-0.05, 0) is 116 Å². The Labute approximate surface area is 424 Å². The van der Waals surface area contributed by atoms with E-state index in [1.807, 2.05) is 0 Å². The van der Waals surface area contributed by atoms with Crippen LogP contribution in [0.1, 0.15) is 226 Å². The largest absolute Gasteiger partial charge is 0.462 e. The molecule has 0 saturated carbocycles. The van der Waals surface area contributed by atoms with E-state index < -0.39 is 6.10 Å². The van der Waals surface area contributed by atoms with E-state index in [-0.39, 0.29) is 31.1 Å². The van der Waals surface area contributed by atoms with E-state index in [1.165, 1.54) is 12.8 Å². The zero-order valence-corrected chi connectivity index (χ0v) is 44.3.